The van der Waals surface area contributed by atoms with Crippen molar-refractivity contribution in [3.05, 3.63) is 78.2 Å². The van der Waals surface area contributed by atoms with Gasteiger partial charge in [0.15, 0.2) is 0 Å². The van der Waals surface area contributed by atoms with E-state index < -0.39 is 10.0 Å². The monoisotopic (exact) mass is 367 g/mol. The van der Waals surface area contributed by atoms with Crippen LogP contribution in [-0.4, -0.2) is 18.4 Å². The molecule has 0 aliphatic rings. The average Bonchev–Trinajstić information content (AvgIpc) is 2.67. The minimum Gasteiger partial charge on any atom is -0.264 e. The summed E-state index contributed by atoms with van der Waals surface area (Å²) in [6.45, 7) is 4.35. The van der Waals surface area contributed by atoms with Crippen molar-refractivity contribution < 1.29 is 8.42 Å². The molecule has 2 heterocycles. The van der Waals surface area contributed by atoms with Crippen molar-refractivity contribution in [2.24, 2.45) is 0 Å². The van der Waals surface area contributed by atoms with Crippen molar-refractivity contribution >= 4 is 10.0 Å². The van der Waals surface area contributed by atoms with Crippen LogP contribution in [0.1, 0.15) is 30.9 Å². The van der Waals surface area contributed by atoms with E-state index in [1.54, 1.807) is 36.8 Å². The Morgan fingerprint density at radius 1 is 1.04 bits per heavy atom. The van der Waals surface area contributed by atoms with Gasteiger partial charge in [-0.15, -0.1) is 0 Å². The Balaban J connectivity index is 1.74. The molecule has 2 aromatic heterocycles. The van der Waals surface area contributed by atoms with Crippen molar-refractivity contribution in [3.63, 3.8) is 0 Å². The summed E-state index contributed by atoms with van der Waals surface area (Å²) < 4.78 is 27.7. The number of hydrogen-bond donors (Lipinski definition) is 1. The zero-order valence-corrected chi connectivity index (χ0v) is 15.6. The molecule has 0 radical (unpaired) electrons. The van der Waals surface area contributed by atoms with Gasteiger partial charge in [0.1, 0.15) is 0 Å². The van der Waals surface area contributed by atoms with E-state index >= 15 is 0 Å². The SMILES string of the molecule is CC(C)c1ccc(S(=O)(=O)NCc2ccnc(-c3cccnc3)c2)cc1. The number of nitrogens with one attached hydrogen (secondary N) is 1. The smallest absolute Gasteiger partial charge is 0.240 e. The summed E-state index contributed by atoms with van der Waals surface area (Å²) in [6.07, 6.45) is 5.10. The van der Waals surface area contributed by atoms with E-state index in [0.29, 0.717) is 5.92 Å². The van der Waals surface area contributed by atoms with Crippen LogP contribution in [0.5, 0.6) is 0 Å². The third-order valence-corrected chi connectivity index (χ3v) is 5.52. The number of rotatable bonds is 6. The molecule has 26 heavy (non-hydrogen) atoms. The average molecular weight is 367 g/mol. The molecule has 0 atom stereocenters. The van der Waals surface area contributed by atoms with Gasteiger partial charge in [-0.3, -0.25) is 9.97 Å². The first kappa shape index (κ1) is 18.2. The Labute approximate surface area is 154 Å². The van der Waals surface area contributed by atoms with Crippen LogP contribution in [0.3, 0.4) is 0 Å². The highest BCUT2D eigenvalue weighted by Gasteiger charge is 2.14. The van der Waals surface area contributed by atoms with E-state index in [9.17, 15) is 8.42 Å². The van der Waals surface area contributed by atoms with Crippen LogP contribution < -0.4 is 4.72 Å². The Morgan fingerprint density at radius 2 is 1.81 bits per heavy atom. The molecule has 0 fully saturated rings. The lowest BCUT2D eigenvalue weighted by Crippen LogP contribution is -2.23. The molecule has 5 nitrogen and oxygen atoms in total. The highest BCUT2D eigenvalue weighted by molar-refractivity contribution is 7.89. The Bertz CT molecular complexity index is 969. The van der Waals surface area contributed by atoms with E-state index in [2.05, 4.69) is 28.5 Å². The number of aromatic nitrogens is 2. The molecule has 0 unspecified atom stereocenters. The van der Waals surface area contributed by atoms with Crippen LogP contribution in [0.25, 0.3) is 11.3 Å². The van der Waals surface area contributed by atoms with E-state index in [-0.39, 0.29) is 11.4 Å². The molecule has 0 saturated heterocycles. The van der Waals surface area contributed by atoms with Gasteiger partial charge in [0.2, 0.25) is 10.0 Å². The standard InChI is InChI=1S/C20H21N3O2S/c1-15(2)17-5-7-19(8-6-17)26(24,25)23-13-16-9-11-22-20(12-16)18-4-3-10-21-14-18/h3-12,14-15,23H,13H2,1-2H3. The number of hydrogen-bond acceptors (Lipinski definition) is 4. The van der Waals surface area contributed by atoms with Gasteiger partial charge < -0.3 is 0 Å². The number of benzene rings is 1. The van der Waals surface area contributed by atoms with Gasteiger partial charge >= 0.3 is 0 Å². The van der Waals surface area contributed by atoms with E-state index in [4.69, 9.17) is 0 Å². The summed E-state index contributed by atoms with van der Waals surface area (Å²) in [5, 5.41) is 0. The molecule has 0 bridgehead atoms. The molecule has 1 N–H and O–H groups in total. The molecule has 0 spiro atoms. The Hall–Kier alpha value is -2.57. The number of pyridine rings is 2. The first-order valence-corrected chi connectivity index (χ1v) is 9.89. The van der Waals surface area contributed by atoms with Crippen molar-refractivity contribution in [1.82, 2.24) is 14.7 Å². The van der Waals surface area contributed by atoms with Crippen molar-refractivity contribution in [2.75, 3.05) is 0 Å². The number of nitrogens with zero attached hydrogens (tertiary/aromatic N) is 2. The van der Waals surface area contributed by atoms with Crippen LogP contribution >= 0.6 is 0 Å². The maximum absolute atomic E-state index is 12.5. The third-order valence-electron chi connectivity index (χ3n) is 4.11. The van der Waals surface area contributed by atoms with Crippen molar-refractivity contribution in [2.45, 2.75) is 31.2 Å². The topological polar surface area (TPSA) is 72.0 Å². The first-order chi connectivity index (χ1) is 12.5. The van der Waals surface area contributed by atoms with Gasteiger partial charge in [0, 0.05) is 30.7 Å². The fraction of sp³-hybridized carbons (Fsp3) is 0.200. The maximum atomic E-state index is 12.5. The summed E-state index contributed by atoms with van der Waals surface area (Å²) in [6, 6.07) is 14.4. The van der Waals surface area contributed by atoms with Gasteiger partial charge in [-0.05, 0) is 53.4 Å². The predicted molar refractivity (Wildman–Crippen MR) is 102 cm³/mol. The van der Waals surface area contributed by atoms with Crippen LogP contribution in [0.2, 0.25) is 0 Å². The lowest BCUT2D eigenvalue weighted by atomic mass is 10.0. The normalized spacial score (nSPS) is 11.7. The quantitative estimate of drug-likeness (QED) is 0.720. The lowest BCUT2D eigenvalue weighted by molar-refractivity contribution is 0.581. The molecule has 134 valence electrons. The zero-order valence-electron chi connectivity index (χ0n) is 14.8. The molecule has 1 aromatic carbocycles. The minimum absolute atomic E-state index is 0.198. The zero-order chi connectivity index (χ0) is 18.6. The molecule has 3 rings (SSSR count). The summed E-state index contributed by atoms with van der Waals surface area (Å²) in [7, 11) is -3.56. The Kier molecular flexibility index (Phi) is 5.44. The lowest BCUT2D eigenvalue weighted by Gasteiger charge is -2.10. The molecule has 0 amide bonds. The molecule has 0 aliphatic heterocycles. The Morgan fingerprint density at radius 3 is 2.46 bits per heavy atom. The third kappa shape index (κ3) is 4.33. The van der Waals surface area contributed by atoms with Gasteiger partial charge in [-0.25, -0.2) is 13.1 Å². The molecule has 0 aliphatic carbocycles. The summed E-state index contributed by atoms with van der Waals surface area (Å²) >= 11 is 0. The van der Waals surface area contributed by atoms with Gasteiger partial charge in [-0.1, -0.05) is 26.0 Å². The van der Waals surface area contributed by atoms with E-state index in [0.717, 1.165) is 22.4 Å². The van der Waals surface area contributed by atoms with Crippen molar-refractivity contribution in [1.29, 1.82) is 0 Å². The van der Waals surface area contributed by atoms with Crippen LogP contribution in [-0.2, 0) is 16.6 Å². The predicted octanol–water partition coefficient (Wildman–Crippen LogP) is 3.75. The molecular weight excluding hydrogens is 346 g/mol. The van der Waals surface area contributed by atoms with Crippen LogP contribution in [0, 0.1) is 0 Å². The second kappa shape index (κ2) is 7.76. The molecule has 3 aromatic rings. The van der Waals surface area contributed by atoms with Crippen LogP contribution in [0.15, 0.2) is 72.0 Å². The van der Waals surface area contributed by atoms with E-state index in [1.807, 2.05) is 30.3 Å². The van der Waals surface area contributed by atoms with Crippen LogP contribution in [0.4, 0.5) is 0 Å². The summed E-state index contributed by atoms with van der Waals surface area (Å²) in [5.74, 6) is 0.363. The summed E-state index contributed by atoms with van der Waals surface area (Å²) in [4.78, 5) is 8.67. The van der Waals surface area contributed by atoms with Gasteiger partial charge in [0.25, 0.3) is 0 Å². The second-order valence-corrected chi connectivity index (χ2v) is 8.11. The van der Waals surface area contributed by atoms with Crippen molar-refractivity contribution in [3.8, 4) is 11.3 Å². The largest absolute Gasteiger partial charge is 0.264 e. The second-order valence-electron chi connectivity index (χ2n) is 6.34. The van der Waals surface area contributed by atoms with Gasteiger partial charge in [-0.2, -0.15) is 0 Å². The minimum atomic E-state index is -3.56. The number of sulfonamides is 1. The molecule has 6 heteroatoms. The summed E-state index contributed by atoms with van der Waals surface area (Å²) in [5.41, 5.74) is 3.60. The molecule has 0 saturated carbocycles. The van der Waals surface area contributed by atoms with E-state index in [1.165, 1.54) is 0 Å². The fourth-order valence-electron chi connectivity index (χ4n) is 2.55. The van der Waals surface area contributed by atoms with Gasteiger partial charge in [0.05, 0.1) is 10.6 Å². The molecular formula is C20H21N3O2S. The highest BCUT2D eigenvalue weighted by Crippen LogP contribution is 2.19. The first-order valence-electron chi connectivity index (χ1n) is 8.41. The maximum Gasteiger partial charge on any atom is 0.240 e. The highest BCUT2D eigenvalue weighted by atomic mass is 32.2. The fourth-order valence-corrected chi connectivity index (χ4v) is 3.57.